The van der Waals surface area contributed by atoms with Gasteiger partial charge < -0.3 is 0 Å². The van der Waals surface area contributed by atoms with Crippen LogP contribution >= 0.6 is 45.2 Å². The lowest BCUT2D eigenvalue weighted by Crippen LogP contribution is -2.41. The van der Waals surface area contributed by atoms with Crippen molar-refractivity contribution in [3.8, 4) is 0 Å². The molecule has 0 spiro atoms. The Morgan fingerprint density at radius 2 is 1.55 bits per heavy atom. The van der Waals surface area contributed by atoms with Crippen molar-refractivity contribution in [3.63, 3.8) is 0 Å². The first-order valence-corrected chi connectivity index (χ1v) is 7.84. The number of carbonyl (C=O) groups is 2. The van der Waals surface area contributed by atoms with Gasteiger partial charge in [0.15, 0.2) is 0 Å². The molecule has 0 saturated carbocycles. The van der Waals surface area contributed by atoms with E-state index in [-0.39, 0.29) is 11.8 Å². The second-order valence-electron chi connectivity index (χ2n) is 3.90. The van der Waals surface area contributed by atoms with Crippen molar-refractivity contribution in [2.45, 2.75) is 0 Å². The Hall–Kier alpha value is -1.16. The van der Waals surface area contributed by atoms with E-state index < -0.39 is 0 Å². The number of benzene rings is 2. The van der Waals surface area contributed by atoms with Crippen LogP contribution in [0.2, 0.25) is 0 Å². The van der Waals surface area contributed by atoms with Gasteiger partial charge in [-0.3, -0.25) is 20.4 Å². The first kappa shape index (κ1) is 15.2. The lowest BCUT2D eigenvalue weighted by molar-refractivity contribution is 0.0846. The fourth-order valence-electron chi connectivity index (χ4n) is 1.53. The quantitative estimate of drug-likeness (QED) is 0.501. The van der Waals surface area contributed by atoms with E-state index in [4.69, 9.17) is 0 Å². The van der Waals surface area contributed by atoms with Gasteiger partial charge in [-0.2, -0.15) is 0 Å². The van der Waals surface area contributed by atoms with E-state index in [0.29, 0.717) is 11.1 Å². The molecule has 2 N–H and O–H groups in total. The van der Waals surface area contributed by atoms with Crippen LogP contribution in [0.3, 0.4) is 0 Å². The third-order valence-electron chi connectivity index (χ3n) is 2.49. The smallest absolute Gasteiger partial charge is 0.267 e. The monoisotopic (exact) mass is 492 g/mol. The molecule has 2 aromatic carbocycles. The second kappa shape index (κ2) is 7.02. The normalized spacial score (nSPS) is 9.90. The zero-order chi connectivity index (χ0) is 14.5. The summed E-state index contributed by atoms with van der Waals surface area (Å²) in [5.41, 5.74) is 5.84. The highest BCUT2D eigenvalue weighted by atomic mass is 127. The Bertz CT molecular complexity index is 659. The number of hydrazine groups is 1. The van der Waals surface area contributed by atoms with Gasteiger partial charge in [-0.15, -0.1) is 0 Å². The van der Waals surface area contributed by atoms with Crippen LogP contribution in [-0.2, 0) is 0 Å². The maximum Gasteiger partial charge on any atom is 0.270 e. The minimum atomic E-state index is -0.345. The van der Waals surface area contributed by atoms with Crippen molar-refractivity contribution in [2.75, 3.05) is 0 Å². The van der Waals surface area contributed by atoms with E-state index in [0.717, 1.165) is 7.14 Å². The van der Waals surface area contributed by atoms with Crippen LogP contribution in [0.25, 0.3) is 0 Å². The molecule has 4 nitrogen and oxygen atoms in total. The van der Waals surface area contributed by atoms with Crippen molar-refractivity contribution in [2.24, 2.45) is 0 Å². The Balaban J connectivity index is 2.01. The van der Waals surface area contributed by atoms with E-state index in [9.17, 15) is 9.59 Å². The number of amides is 2. The third kappa shape index (κ3) is 3.92. The molecule has 0 aliphatic heterocycles. The lowest BCUT2D eigenvalue weighted by atomic mass is 10.2. The highest BCUT2D eigenvalue weighted by molar-refractivity contribution is 14.1. The van der Waals surface area contributed by atoms with Crippen LogP contribution in [-0.4, -0.2) is 11.8 Å². The molecular formula is C14H10I2N2O2. The van der Waals surface area contributed by atoms with Crippen LogP contribution in [0.15, 0.2) is 48.5 Å². The van der Waals surface area contributed by atoms with Gasteiger partial charge in [-0.25, -0.2) is 0 Å². The largest absolute Gasteiger partial charge is 0.270 e. The molecule has 2 amide bonds. The first-order chi connectivity index (χ1) is 9.58. The fraction of sp³-hybridized carbons (Fsp3) is 0. The molecule has 0 bridgehead atoms. The topological polar surface area (TPSA) is 58.2 Å². The minimum absolute atomic E-state index is 0.339. The van der Waals surface area contributed by atoms with Gasteiger partial charge in [0.1, 0.15) is 0 Å². The number of nitrogens with one attached hydrogen (secondary N) is 2. The molecule has 0 saturated heterocycles. The Kier molecular flexibility index (Phi) is 5.35. The van der Waals surface area contributed by atoms with Gasteiger partial charge in [0.05, 0.1) is 5.56 Å². The molecule has 20 heavy (non-hydrogen) atoms. The predicted molar refractivity (Wildman–Crippen MR) is 93.3 cm³/mol. The predicted octanol–water partition coefficient (Wildman–Crippen LogP) is 2.97. The summed E-state index contributed by atoms with van der Waals surface area (Å²) in [6.07, 6.45) is 0. The number of hydrogen-bond acceptors (Lipinski definition) is 2. The van der Waals surface area contributed by atoms with Gasteiger partial charge in [0.2, 0.25) is 0 Å². The molecule has 0 heterocycles. The summed E-state index contributed by atoms with van der Waals surface area (Å²) in [5.74, 6) is -0.684. The molecule has 0 aliphatic carbocycles. The Morgan fingerprint density at radius 3 is 2.25 bits per heavy atom. The molecule has 0 unspecified atom stereocenters. The number of carbonyl (C=O) groups excluding carboxylic acids is 2. The molecular weight excluding hydrogens is 482 g/mol. The third-order valence-corrected chi connectivity index (χ3v) is 4.11. The van der Waals surface area contributed by atoms with E-state index in [2.05, 4.69) is 56.0 Å². The molecule has 102 valence electrons. The zero-order valence-electron chi connectivity index (χ0n) is 10.2. The molecule has 0 aliphatic rings. The summed E-state index contributed by atoms with van der Waals surface area (Å²) in [6, 6.07) is 14.3. The lowest BCUT2D eigenvalue weighted by Gasteiger charge is -2.08. The Labute approximate surface area is 143 Å². The molecule has 2 rings (SSSR count). The maximum absolute atomic E-state index is 11.9. The summed E-state index contributed by atoms with van der Waals surface area (Å²) in [4.78, 5) is 23.8. The summed E-state index contributed by atoms with van der Waals surface area (Å²) >= 11 is 4.20. The van der Waals surface area contributed by atoms with Crippen molar-refractivity contribution in [1.29, 1.82) is 0 Å². The van der Waals surface area contributed by atoms with Gasteiger partial charge in [-0.1, -0.05) is 18.2 Å². The molecule has 6 heteroatoms. The van der Waals surface area contributed by atoms with Crippen LogP contribution < -0.4 is 10.9 Å². The van der Waals surface area contributed by atoms with Crippen molar-refractivity contribution in [3.05, 3.63) is 66.8 Å². The molecule has 0 atom stereocenters. The average Bonchev–Trinajstić information content (AvgIpc) is 2.45. The summed E-state index contributed by atoms with van der Waals surface area (Å²) in [5, 5.41) is 0. The summed E-state index contributed by atoms with van der Waals surface area (Å²) in [7, 11) is 0. The highest BCUT2D eigenvalue weighted by Gasteiger charge is 2.11. The number of rotatable bonds is 2. The van der Waals surface area contributed by atoms with E-state index in [1.807, 2.05) is 18.2 Å². The molecule has 0 aromatic heterocycles. The van der Waals surface area contributed by atoms with Crippen LogP contribution in [0.4, 0.5) is 0 Å². The van der Waals surface area contributed by atoms with Gasteiger partial charge in [-0.05, 0) is 75.5 Å². The van der Waals surface area contributed by atoms with E-state index in [1.165, 1.54) is 0 Å². The summed E-state index contributed by atoms with van der Waals surface area (Å²) in [6.45, 7) is 0. The maximum atomic E-state index is 11.9. The molecule has 0 radical (unpaired) electrons. The van der Waals surface area contributed by atoms with Crippen LogP contribution in [0.1, 0.15) is 20.7 Å². The number of halogens is 2. The van der Waals surface area contributed by atoms with Gasteiger partial charge >= 0.3 is 0 Å². The van der Waals surface area contributed by atoms with E-state index >= 15 is 0 Å². The molecule has 0 fully saturated rings. The van der Waals surface area contributed by atoms with Crippen molar-refractivity contribution in [1.82, 2.24) is 10.9 Å². The van der Waals surface area contributed by atoms with Gasteiger partial charge in [0.25, 0.3) is 11.8 Å². The number of hydrogen-bond donors (Lipinski definition) is 2. The van der Waals surface area contributed by atoms with Crippen LogP contribution in [0.5, 0.6) is 0 Å². The second-order valence-corrected chi connectivity index (χ2v) is 6.31. The minimum Gasteiger partial charge on any atom is -0.267 e. The SMILES string of the molecule is O=C(NNC(=O)c1ccccc1I)c1cccc(I)c1. The van der Waals surface area contributed by atoms with Crippen molar-refractivity contribution < 1.29 is 9.59 Å². The molecule has 2 aromatic rings. The fourth-order valence-corrected chi connectivity index (χ4v) is 2.70. The zero-order valence-corrected chi connectivity index (χ0v) is 14.5. The average molecular weight is 492 g/mol. The highest BCUT2D eigenvalue weighted by Crippen LogP contribution is 2.11. The van der Waals surface area contributed by atoms with Gasteiger partial charge in [0, 0.05) is 12.7 Å². The first-order valence-electron chi connectivity index (χ1n) is 5.68. The van der Waals surface area contributed by atoms with Crippen LogP contribution in [0, 0.1) is 7.14 Å². The standard InChI is InChI=1S/C14H10I2N2O2/c15-10-5-3-4-9(8-10)13(19)17-18-14(20)11-6-1-2-7-12(11)16/h1-8H,(H,17,19)(H,18,20). The van der Waals surface area contributed by atoms with E-state index in [1.54, 1.807) is 30.3 Å². The van der Waals surface area contributed by atoms with Crippen molar-refractivity contribution >= 4 is 57.0 Å². The summed E-state index contributed by atoms with van der Waals surface area (Å²) < 4.78 is 1.78. The Morgan fingerprint density at radius 1 is 0.850 bits per heavy atom.